The lowest BCUT2D eigenvalue weighted by Gasteiger charge is -2.32. The van der Waals surface area contributed by atoms with E-state index in [0.717, 1.165) is 36.0 Å². The third kappa shape index (κ3) is 2.81. The first-order valence-corrected chi connectivity index (χ1v) is 8.21. The summed E-state index contributed by atoms with van der Waals surface area (Å²) in [6, 6.07) is 13.0. The number of rotatable bonds is 3. The Bertz CT molecular complexity index is 624. The second-order valence-electron chi connectivity index (χ2n) is 6.78. The molecule has 1 aromatic heterocycles. The molecule has 116 valence electrons. The van der Waals surface area contributed by atoms with Gasteiger partial charge in [0.05, 0.1) is 6.54 Å². The van der Waals surface area contributed by atoms with Crippen LogP contribution in [0, 0.1) is 5.92 Å². The van der Waals surface area contributed by atoms with Crippen LogP contribution < -0.4 is 0 Å². The van der Waals surface area contributed by atoms with Crippen molar-refractivity contribution >= 4 is 0 Å². The molecule has 3 aliphatic rings. The summed E-state index contributed by atoms with van der Waals surface area (Å²) in [4.78, 5) is 5.07. The lowest BCUT2D eigenvalue weighted by Crippen LogP contribution is -2.40. The molecule has 22 heavy (non-hydrogen) atoms. The Morgan fingerprint density at radius 1 is 1.14 bits per heavy atom. The fourth-order valence-corrected chi connectivity index (χ4v) is 3.90. The molecule has 0 saturated carbocycles. The average molecular weight is 297 g/mol. The van der Waals surface area contributed by atoms with Crippen molar-refractivity contribution in [1.82, 2.24) is 15.0 Å². The number of nitrogens with zero attached hydrogens (tertiary/aromatic N) is 3. The fourth-order valence-electron chi connectivity index (χ4n) is 3.90. The first-order valence-electron chi connectivity index (χ1n) is 8.21. The summed E-state index contributed by atoms with van der Waals surface area (Å²) in [5, 5.41) is 4.23. The van der Waals surface area contributed by atoms with Gasteiger partial charge in [0.2, 0.25) is 0 Å². The van der Waals surface area contributed by atoms with Crippen molar-refractivity contribution in [1.29, 1.82) is 0 Å². The molecule has 3 aliphatic heterocycles. The molecule has 0 N–H and O–H groups in total. The lowest BCUT2D eigenvalue weighted by molar-refractivity contribution is 0.163. The lowest BCUT2D eigenvalue weighted by atomic mass is 9.96. The molecule has 5 rings (SSSR count). The zero-order valence-electron chi connectivity index (χ0n) is 13.1. The van der Waals surface area contributed by atoms with E-state index in [9.17, 15) is 0 Å². The third-order valence-electron chi connectivity index (χ3n) is 5.07. The van der Waals surface area contributed by atoms with Crippen LogP contribution in [0.2, 0.25) is 0 Å². The Morgan fingerprint density at radius 2 is 2.00 bits per heavy atom. The number of piperidine rings is 1. The Labute approximate surface area is 131 Å². The zero-order valence-corrected chi connectivity index (χ0v) is 13.1. The number of hydrogen-bond donors (Lipinski definition) is 0. The molecule has 3 saturated heterocycles. The van der Waals surface area contributed by atoms with Gasteiger partial charge in [-0.2, -0.15) is 0 Å². The van der Waals surface area contributed by atoms with E-state index in [2.05, 4.69) is 40.2 Å². The molecule has 2 bridgehead atoms. The van der Waals surface area contributed by atoms with Crippen LogP contribution in [-0.4, -0.2) is 47.7 Å². The fraction of sp³-hybridized carbons (Fsp3) is 0.500. The molecule has 2 atom stereocenters. The van der Waals surface area contributed by atoms with Gasteiger partial charge in [0.15, 0.2) is 5.76 Å². The van der Waals surface area contributed by atoms with Crippen LogP contribution in [0.4, 0.5) is 0 Å². The van der Waals surface area contributed by atoms with Crippen LogP contribution in [0.3, 0.4) is 0 Å². The molecule has 0 unspecified atom stereocenters. The molecule has 3 fully saturated rings. The van der Waals surface area contributed by atoms with Crippen molar-refractivity contribution in [2.75, 3.05) is 26.7 Å². The maximum Gasteiger partial charge on any atom is 0.151 e. The Morgan fingerprint density at radius 3 is 2.82 bits per heavy atom. The van der Waals surface area contributed by atoms with Gasteiger partial charge in [0, 0.05) is 37.3 Å². The average Bonchev–Trinajstić information content (AvgIpc) is 2.83. The van der Waals surface area contributed by atoms with E-state index in [1.807, 2.05) is 18.2 Å². The van der Waals surface area contributed by atoms with Crippen LogP contribution in [0.15, 0.2) is 40.9 Å². The van der Waals surface area contributed by atoms with Gasteiger partial charge in [-0.25, -0.2) is 0 Å². The van der Waals surface area contributed by atoms with Crippen LogP contribution in [0.25, 0.3) is 11.3 Å². The molecular formula is C18H23N3O. The van der Waals surface area contributed by atoms with E-state index in [1.54, 1.807) is 0 Å². The van der Waals surface area contributed by atoms with Gasteiger partial charge in [-0.1, -0.05) is 35.5 Å². The highest BCUT2D eigenvalue weighted by Crippen LogP contribution is 2.28. The normalized spacial score (nSPS) is 26.2. The summed E-state index contributed by atoms with van der Waals surface area (Å²) < 4.78 is 5.58. The molecule has 1 aromatic carbocycles. The van der Waals surface area contributed by atoms with Gasteiger partial charge in [-0.3, -0.25) is 4.90 Å². The second-order valence-corrected chi connectivity index (χ2v) is 6.78. The first-order chi connectivity index (χ1) is 10.8. The largest absolute Gasteiger partial charge is 0.359 e. The number of benzene rings is 1. The van der Waals surface area contributed by atoms with Crippen molar-refractivity contribution in [3.63, 3.8) is 0 Å². The second kappa shape index (κ2) is 5.86. The molecule has 0 aliphatic carbocycles. The van der Waals surface area contributed by atoms with E-state index in [1.165, 1.54) is 25.9 Å². The summed E-state index contributed by atoms with van der Waals surface area (Å²) in [5.41, 5.74) is 2.05. The standard InChI is InChI=1S/C18H23N3O/c1-20-10-14-7-8-16(20)12-21(11-14)13-17-9-18(19-22-17)15-5-3-2-4-6-15/h2-6,9,14,16H,7-8,10-13H2,1H3/t14-,16-/m1/s1. The molecule has 4 heteroatoms. The summed E-state index contributed by atoms with van der Waals surface area (Å²) in [5.74, 6) is 1.78. The number of aromatic nitrogens is 1. The number of likely N-dealkylation sites (N-methyl/N-ethyl adjacent to an activating group) is 1. The zero-order chi connectivity index (χ0) is 14.9. The molecule has 0 radical (unpaired) electrons. The summed E-state index contributed by atoms with van der Waals surface area (Å²) in [7, 11) is 2.27. The van der Waals surface area contributed by atoms with E-state index in [4.69, 9.17) is 4.52 Å². The van der Waals surface area contributed by atoms with Crippen LogP contribution in [0.5, 0.6) is 0 Å². The topological polar surface area (TPSA) is 32.5 Å². The van der Waals surface area contributed by atoms with Gasteiger partial charge in [0.1, 0.15) is 5.69 Å². The van der Waals surface area contributed by atoms with Crippen molar-refractivity contribution in [2.24, 2.45) is 5.92 Å². The minimum absolute atomic E-state index is 0.704. The van der Waals surface area contributed by atoms with Crippen molar-refractivity contribution in [2.45, 2.75) is 25.4 Å². The van der Waals surface area contributed by atoms with Crippen molar-refractivity contribution in [3.05, 3.63) is 42.2 Å². The predicted octanol–water partition coefficient (Wildman–Crippen LogP) is 2.87. The highest BCUT2D eigenvalue weighted by Gasteiger charge is 2.33. The highest BCUT2D eigenvalue weighted by atomic mass is 16.5. The van der Waals surface area contributed by atoms with Crippen LogP contribution in [0.1, 0.15) is 18.6 Å². The van der Waals surface area contributed by atoms with Gasteiger partial charge in [-0.05, 0) is 25.8 Å². The number of hydrogen-bond acceptors (Lipinski definition) is 4. The van der Waals surface area contributed by atoms with E-state index < -0.39 is 0 Å². The summed E-state index contributed by atoms with van der Waals surface area (Å²) in [6.45, 7) is 4.45. The van der Waals surface area contributed by atoms with Gasteiger partial charge >= 0.3 is 0 Å². The van der Waals surface area contributed by atoms with E-state index in [0.29, 0.717) is 6.04 Å². The van der Waals surface area contributed by atoms with Crippen molar-refractivity contribution < 1.29 is 4.52 Å². The molecular weight excluding hydrogens is 274 g/mol. The third-order valence-corrected chi connectivity index (χ3v) is 5.07. The quantitative estimate of drug-likeness (QED) is 0.872. The van der Waals surface area contributed by atoms with Crippen LogP contribution >= 0.6 is 0 Å². The summed E-state index contributed by atoms with van der Waals surface area (Å²) in [6.07, 6.45) is 2.71. The van der Waals surface area contributed by atoms with Crippen LogP contribution in [-0.2, 0) is 6.54 Å². The smallest absolute Gasteiger partial charge is 0.151 e. The molecule has 2 aromatic rings. The maximum absolute atomic E-state index is 5.58. The highest BCUT2D eigenvalue weighted by molar-refractivity contribution is 5.58. The number of fused-ring (bicyclic) bond motifs is 4. The Kier molecular flexibility index (Phi) is 3.72. The predicted molar refractivity (Wildman–Crippen MR) is 86.4 cm³/mol. The summed E-state index contributed by atoms with van der Waals surface area (Å²) >= 11 is 0. The SMILES string of the molecule is CN1C[C@H]2CC[C@@H]1CN(Cc1cc(-c3ccccc3)no1)C2. The monoisotopic (exact) mass is 297 g/mol. The first kappa shape index (κ1) is 14.0. The van der Waals surface area contributed by atoms with Gasteiger partial charge < -0.3 is 9.42 Å². The molecule has 0 amide bonds. The Hall–Kier alpha value is -1.65. The molecule has 4 heterocycles. The van der Waals surface area contributed by atoms with Gasteiger partial charge in [0.25, 0.3) is 0 Å². The van der Waals surface area contributed by atoms with Gasteiger partial charge in [-0.15, -0.1) is 0 Å². The molecule has 4 nitrogen and oxygen atoms in total. The van der Waals surface area contributed by atoms with E-state index >= 15 is 0 Å². The minimum Gasteiger partial charge on any atom is -0.359 e. The minimum atomic E-state index is 0.704. The van der Waals surface area contributed by atoms with Crippen molar-refractivity contribution in [3.8, 4) is 11.3 Å². The molecule has 0 spiro atoms. The Balaban J connectivity index is 1.47. The van der Waals surface area contributed by atoms with E-state index in [-0.39, 0.29) is 0 Å². The maximum atomic E-state index is 5.58.